The number of rotatable bonds is 14. The van der Waals surface area contributed by atoms with Crippen LogP contribution in [0.2, 0.25) is 0 Å². The Balaban J connectivity index is 0.939. The SMILES string of the molecule is Cc1cn([C@H]2C[C@H](OP(=O)(O)OC[C@H]3O[C@@H](n4cnc5c(=O)[nH]c(N)nc54)C[C@@H]3O)[C@@H](COP(=O)(O)O[C@H]3C[C@H](n4cnc5c(N)ncnc54)O[C@@H]3CO)O2)c(=O)[nH]c1=O. The van der Waals surface area contributed by atoms with Crippen LogP contribution in [0.15, 0.2) is 39.6 Å². The van der Waals surface area contributed by atoms with Gasteiger partial charge in [0, 0.05) is 31.0 Å². The van der Waals surface area contributed by atoms with Crippen molar-refractivity contribution in [2.75, 3.05) is 31.3 Å². The van der Waals surface area contributed by atoms with Crippen LogP contribution in [-0.4, -0.2) is 125 Å². The Morgan fingerprint density at radius 1 is 0.783 bits per heavy atom. The van der Waals surface area contributed by atoms with Gasteiger partial charge in [-0.2, -0.15) is 4.98 Å². The molecule has 0 aliphatic carbocycles. The van der Waals surface area contributed by atoms with Crippen LogP contribution in [0.25, 0.3) is 22.3 Å². The number of nitrogens with zero attached hydrogens (tertiary/aromatic N) is 8. The van der Waals surface area contributed by atoms with Gasteiger partial charge in [0.25, 0.3) is 11.1 Å². The number of imidazole rings is 2. The number of nitrogens with one attached hydrogen (secondary N) is 2. The minimum Gasteiger partial charge on any atom is -0.394 e. The van der Waals surface area contributed by atoms with E-state index in [2.05, 4.69) is 34.9 Å². The summed E-state index contributed by atoms with van der Waals surface area (Å²) in [6.45, 7) is -0.698. The number of hydrogen-bond donors (Lipinski definition) is 8. The number of nitrogen functional groups attached to an aromatic ring is 2. The molecule has 2 unspecified atom stereocenters. The normalized spacial score (nSPS) is 29.1. The summed E-state index contributed by atoms with van der Waals surface area (Å²) in [4.78, 5) is 83.4. The van der Waals surface area contributed by atoms with Gasteiger partial charge in [-0.15, -0.1) is 0 Å². The Morgan fingerprint density at radius 3 is 2.07 bits per heavy atom. The maximum atomic E-state index is 13.4. The number of aromatic amines is 2. The monoisotopic (exact) mass is 884 g/mol. The lowest BCUT2D eigenvalue weighted by Gasteiger charge is -2.24. The number of phosphoric ester groups is 2. The predicted molar refractivity (Wildman–Crippen MR) is 198 cm³/mol. The maximum Gasteiger partial charge on any atom is 0.472 e. The number of aromatic nitrogens is 10. The summed E-state index contributed by atoms with van der Waals surface area (Å²) in [5.41, 5.74) is 10.1. The standard InChI is InChI=1S/C30H38N12O16P2/c1-12-5-40(30(47)39-27(12)45)20-4-15(58-59(48,49)52-7-17-13(44)2-19(55-17)42-11-36-23-26(42)37-29(32)38-28(23)46)18(56-20)8-53-60(50,51)57-14-3-21(54-16(14)6-43)41-10-35-22-24(31)33-9-34-25(22)41/h5,9-11,13-21,43-44H,2-4,6-8H2,1H3,(H,48,49)(H,50,51)(H2,31,33,34)(H,39,45,47)(H3,32,37,38,46)/t13-,14-,15-,16+,17+,18+,19+,20+,21+/m0/s1. The van der Waals surface area contributed by atoms with Gasteiger partial charge in [-0.1, -0.05) is 0 Å². The van der Waals surface area contributed by atoms with Gasteiger partial charge < -0.3 is 45.7 Å². The number of fused-ring (bicyclic) bond motifs is 2. The summed E-state index contributed by atoms with van der Waals surface area (Å²) in [6.07, 6.45) is -6.13. The molecule has 0 bridgehead atoms. The molecule has 3 fully saturated rings. The molecule has 0 spiro atoms. The Morgan fingerprint density at radius 2 is 1.37 bits per heavy atom. The van der Waals surface area contributed by atoms with Gasteiger partial charge in [0.15, 0.2) is 22.6 Å². The fourth-order valence-corrected chi connectivity index (χ4v) is 9.01. The van der Waals surface area contributed by atoms with E-state index in [4.69, 9.17) is 43.8 Å². The van der Waals surface area contributed by atoms with Crippen LogP contribution in [0.1, 0.15) is 43.5 Å². The van der Waals surface area contributed by atoms with Crippen LogP contribution < -0.4 is 28.3 Å². The molecule has 0 radical (unpaired) electrons. The second-order valence-electron chi connectivity index (χ2n) is 14.0. The molecular formula is C30H38N12O16P2. The van der Waals surface area contributed by atoms with Crippen LogP contribution in [0.3, 0.4) is 0 Å². The Kier molecular flexibility index (Phi) is 11.3. The molecule has 0 amide bonds. The second-order valence-corrected chi connectivity index (χ2v) is 16.8. The Labute approximate surface area is 334 Å². The van der Waals surface area contributed by atoms with Crippen molar-refractivity contribution in [3.63, 3.8) is 0 Å². The van der Waals surface area contributed by atoms with Crippen molar-refractivity contribution in [3.8, 4) is 0 Å². The minimum absolute atomic E-state index is 0.0357. The van der Waals surface area contributed by atoms with Crippen molar-refractivity contribution in [1.29, 1.82) is 0 Å². The summed E-state index contributed by atoms with van der Waals surface area (Å²) in [5.74, 6) is -0.0711. The summed E-state index contributed by atoms with van der Waals surface area (Å²) < 4.78 is 69.5. The molecule has 8 heterocycles. The van der Waals surface area contributed by atoms with Crippen molar-refractivity contribution in [3.05, 3.63) is 61.9 Å². The number of phosphoric acid groups is 2. The third-order valence-electron chi connectivity index (χ3n) is 10.0. The highest BCUT2D eigenvalue weighted by Gasteiger charge is 2.46. The fraction of sp³-hybridized carbons (Fsp3) is 0.533. The highest BCUT2D eigenvalue weighted by molar-refractivity contribution is 7.47. The molecule has 5 aromatic rings. The average molecular weight is 885 g/mol. The van der Waals surface area contributed by atoms with Gasteiger partial charge in [-0.05, 0) is 6.92 Å². The van der Waals surface area contributed by atoms with Crippen LogP contribution in [0.4, 0.5) is 11.8 Å². The van der Waals surface area contributed by atoms with E-state index in [1.165, 1.54) is 41.2 Å². The molecule has 8 rings (SSSR count). The summed E-state index contributed by atoms with van der Waals surface area (Å²) >= 11 is 0. The van der Waals surface area contributed by atoms with E-state index in [-0.39, 0.29) is 53.3 Å². The summed E-state index contributed by atoms with van der Waals surface area (Å²) in [7, 11) is -10.1. The average Bonchev–Trinajstić information content (AvgIpc) is 4.02. The number of anilines is 2. The van der Waals surface area contributed by atoms with Gasteiger partial charge in [0.2, 0.25) is 5.95 Å². The first-order valence-corrected chi connectivity index (χ1v) is 21.0. The first-order chi connectivity index (χ1) is 28.5. The number of ether oxygens (including phenoxy) is 3. The molecule has 3 aliphatic rings. The number of hydrogen-bond acceptors (Lipinski definition) is 21. The molecule has 11 atom stereocenters. The summed E-state index contributed by atoms with van der Waals surface area (Å²) in [5, 5.41) is 20.7. The summed E-state index contributed by atoms with van der Waals surface area (Å²) in [6, 6.07) is 0. The highest BCUT2D eigenvalue weighted by Crippen LogP contribution is 2.52. The lowest BCUT2D eigenvalue weighted by atomic mass is 10.2. The molecular weight excluding hydrogens is 846 g/mol. The fourth-order valence-electron chi connectivity index (χ4n) is 7.09. The van der Waals surface area contributed by atoms with Crippen LogP contribution >= 0.6 is 15.6 Å². The van der Waals surface area contributed by atoms with Crippen LogP contribution in [0.5, 0.6) is 0 Å². The third-order valence-corrected chi connectivity index (χ3v) is 12.0. The van der Waals surface area contributed by atoms with E-state index in [0.29, 0.717) is 5.65 Å². The number of aliphatic hydroxyl groups excluding tert-OH is 2. The molecule has 28 nitrogen and oxygen atoms in total. The second kappa shape index (κ2) is 16.2. The van der Waals surface area contributed by atoms with Gasteiger partial charge in [-0.25, -0.2) is 33.9 Å². The lowest BCUT2D eigenvalue weighted by molar-refractivity contribution is -0.0610. The van der Waals surface area contributed by atoms with Gasteiger partial charge in [0.1, 0.15) is 61.0 Å². The maximum absolute atomic E-state index is 13.4. The zero-order valence-electron chi connectivity index (χ0n) is 31.1. The van der Waals surface area contributed by atoms with E-state index >= 15 is 0 Å². The lowest BCUT2D eigenvalue weighted by Crippen LogP contribution is -2.33. The van der Waals surface area contributed by atoms with Crippen molar-refractivity contribution >= 4 is 49.7 Å². The molecule has 0 aromatic carbocycles. The van der Waals surface area contributed by atoms with Crippen molar-refractivity contribution in [1.82, 2.24) is 48.6 Å². The number of nitrogens with two attached hydrogens (primary N) is 2. The molecule has 10 N–H and O–H groups in total. The molecule has 324 valence electrons. The first-order valence-electron chi connectivity index (χ1n) is 18.0. The van der Waals surface area contributed by atoms with Crippen molar-refractivity contribution in [2.45, 2.75) is 81.5 Å². The quantitative estimate of drug-likeness (QED) is 0.0570. The van der Waals surface area contributed by atoms with Crippen molar-refractivity contribution in [2.24, 2.45) is 0 Å². The van der Waals surface area contributed by atoms with E-state index in [1.54, 1.807) is 0 Å². The van der Waals surface area contributed by atoms with Crippen LogP contribution in [0, 0.1) is 6.92 Å². The first kappa shape index (κ1) is 41.9. The van der Waals surface area contributed by atoms with E-state index in [0.717, 1.165) is 4.57 Å². The zero-order valence-corrected chi connectivity index (χ0v) is 32.9. The third kappa shape index (κ3) is 8.42. The van der Waals surface area contributed by atoms with Gasteiger partial charge >= 0.3 is 21.3 Å². The molecule has 5 aromatic heterocycles. The number of aliphatic hydroxyl groups is 2. The van der Waals surface area contributed by atoms with E-state index in [1.807, 2.05) is 0 Å². The Bertz CT molecular complexity index is 2690. The predicted octanol–water partition coefficient (Wildman–Crippen LogP) is -1.80. The topological polar surface area (TPSA) is 394 Å². The molecule has 3 saturated heterocycles. The minimum atomic E-state index is -5.09. The Hall–Kier alpha value is -4.80. The van der Waals surface area contributed by atoms with E-state index in [9.17, 15) is 43.5 Å². The molecule has 3 aliphatic heterocycles. The molecule has 30 heteroatoms. The highest BCUT2D eigenvalue weighted by atomic mass is 31.2. The molecule has 0 saturated carbocycles. The van der Waals surface area contributed by atoms with Crippen molar-refractivity contribution < 1.29 is 61.4 Å². The van der Waals surface area contributed by atoms with Gasteiger partial charge in [0.05, 0.1) is 38.6 Å². The zero-order chi connectivity index (χ0) is 42.7. The van der Waals surface area contributed by atoms with E-state index < -0.39 is 108 Å². The molecule has 60 heavy (non-hydrogen) atoms. The number of H-pyrrole nitrogens is 2. The largest absolute Gasteiger partial charge is 0.472 e. The smallest absolute Gasteiger partial charge is 0.394 e. The number of aryl methyl sites for hydroxylation is 1. The van der Waals surface area contributed by atoms with Gasteiger partial charge in [-0.3, -0.25) is 51.4 Å². The van der Waals surface area contributed by atoms with Crippen LogP contribution in [-0.2, 0) is 41.4 Å².